The fourth-order valence-electron chi connectivity index (χ4n) is 1.68. The van der Waals surface area contributed by atoms with Crippen LogP contribution in [0.4, 0.5) is 4.79 Å². The summed E-state index contributed by atoms with van der Waals surface area (Å²) in [5.74, 6) is 2.40. The molecule has 0 aromatic carbocycles. The summed E-state index contributed by atoms with van der Waals surface area (Å²) in [5, 5.41) is 2.65. The van der Waals surface area contributed by atoms with Gasteiger partial charge in [-0.1, -0.05) is 5.92 Å². The molecule has 6 nitrogen and oxygen atoms in total. The zero-order chi connectivity index (χ0) is 13.0. The van der Waals surface area contributed by atoms with Crippen LogP contribution in [0.15, 0.2) is 4.99 Å². The Morgan fingerprint density at radius 2 is 2.41 bits per heavy atom. The molecule has 0 spiro atoms. The van der Waals surface area contributed by atoms with Gasteiger partial charge in [0, 0.05) is 6.54 Å². The largest absolute Gasteiger partial charge is 0.385 e. The molecule has 3 N–H and O–H groups in total. The van der Waals surface area contributed by atoms with Crippen LogP contribution in [0.5, 0.6) is 0 Å². The molecule has 1 aliphatic rings. The first-order valence-corrected chi connectivity index (χ1v) is 5.40. The van der Waals surface area contributed by atoms with Crippen LogP contribution >= 0.6 is 0 Å². The third kappa shape index (κ3) is 2.75. The van der Waals surface area contributed by atoms with E-state index in [-0.39, 0.29) is 18.2 Å². The van der Waals surface area contributed by atoms with E-state index in [1.165, 1.54) is 4.90 Å². The first kappa shape index (κ1) is 13.0. The second-order valence-electron chi connectivity index (χ2n) is 3.74. The van der Waals surface area contributed by atoms with Gasteiger partial charge in [0.25, 0.3) is 0 Å². The van der Waals surface area contributed by atoms with E-state index >= 15 is 0 Å². The number of aliphatic imine (C=N–C) groups is 1. The number of nitrogens with one attached hydrogen (secondary N) is 1. The minimum absolute atomic E-state index is 0.0843. The van der Waals surface area contributed by atoms with Crippen LogP contribution in [0.1, 0.15) is 20.3 Å². The number of urea groups is 1. The summed E-state index contributed by atoms with van der Waals surface area (Å²) in [6, 6.07) is -1.46. The van der Waals surface area contributed by atoms with Gasteiger partial charge in [-0.15, -0.1) is 6.42 Å². The molecule has 0 aromatic rings. The maximum atomic E-state index is 11.6. The maximum Gasteiger partial charge on any atom is 0.346 e. The Hall–Kier alpha value is -2.03. The van der Waals surface area contributed by atoms with Crippen molar-refractivity contribution < 1.29 is 9.59 Å². The third-order valence-corrected chi connectivity index (χ3v) is 2.53. The van der Waals surface area contributed by atoms with E-state index in [2.05, 4.69) is 16.2 Å². The molecule has 0 aromatic heterocycles. The van der Waals surface area contributed by atoms with Crippen molar-refractivity contribution >= 4 is 17.8 Å². The number of hydrogen-bond donors (Lipinski definition) is 2. The van der Waals surface area contributed by atoms with Crippen molar-refractivity contribution in [1.82, 2.24) is 10.2 Å². The smallest absolute Gasteiger partial charge is 0.346 e. The first-order chi connectivity index (χ1) is 8.01. The number of amidine groups is 1. The molecule has 6 heteroatoms. The zero-order valence-electron chi connectivity index (χ0n) is 9.93. The van der Waals surface area contributed by atoms with Crippen LogP contribution in [0.3, 0.4) is 0 Å². The maximum absolute atomic E-state index is 11.6. The lowest BCUT2D eigenvalue weighted by atomic mass is 10.1. The minimum atomic E-state index is -0.542. The van der Waals surface area contributed by atoms with Crippen molar-refractivity contribution in [2.75, 3.05) is 6.54 Å². The van der Waals surface area contributed by atoms with Gasteiger partial charge in [-0.25, -0.2) is 4.79 Å². The highest BCUT2D eigenvalue weighted by Gasteiger charge is 2.37. The Balaban J connectivity index is 2.80. The first-order valence-electron chi connectivity index (χ1n) is 5.40. The van der Waals surface area contributed by atoms with Crippen molar-refractivity contribution in [1.29, 1.82) is 0 Å². The Morgan fingerprint density at radius 1 is 1.76 bits per heavy atom. The fourth-order valence-corrected chi connectivity index (χ4v) is 1.68. The van der Waals surface area contributed by atoms with Crippen LogP contribution in [0.2, 0.25) is 0 Å². The molecule has 0 saturated heterocycles. The summed E-state index contributed by atoms with van der Waals surface area (Å²) >= 11 is 0. The predicted molar refractivity (Wildman–Crippen MR) is 64.2 cm³/mol. The second-order valence-corrected chi connectivity index (χ2v) is 3.74. The molecule has 3 amide bonds. The average Bonchev–Trinajstić information content (AvgIpc) is 2.53. The van der Waals surface area contributed by atoms with E-state index in [1.54, 1.807) is 6.92 Å². The highest BCUT2D eigenvalue weighted by molar-refractivity contribution is 6.04. The Kier molecular flexibility index (Phi) is 4.10. The molecule has 0 saturated carbocycles. The molecule has 1 aliphatic heterocycles. The molecule has 0 aliphatic carbocycles. The number of terminal acetylenes is 1. The molecule has 0 bridgehead atoms. The summed E-state index contributed by atoms with van der Waals surface area (Å²) < 4.78 is 0. The predicted octanol–water partition coefficient (Wildman–Crippen LogP) is -0.304. The van der Waals surface area contributed by atoms with E-state index in [4.69, 9.17) is 12.2 Å². The van der Waals surface area contributed by atoms with Gasteiger partial charge in [-0.2, -0.15) is 4.99 Å². The van der Waals surface area contributed by atoms with Gasteiger partial charge in [0.05, 0.1) is 12.5 Å². The Morgan fingerprint density at radius 3 is 2.94 bits per heavy atom. The average molecular weight is 236 g/mol. The number of nitrogens with zero attached hydrogens (tertiary/aromatic N) is 2. The van der Waals surface area contributed by atoms with Crippen LogP contribution < -0.4 is 11.1 Å². The lowest BCUT2D eigenvalue weighted by molar-refractivity contribution is -0.121. The molecule has 0 radical (unpaired) electrons. The molecular weight excluding hydrogens is 220 g/mol. The fraction of sp³-hybridized carbons (Fsp3) is 0.545. The summed E-state index contributed by atoms with van der Waals surface area (Å²) in [6.07, 6.45) is 5.36. The van der Waals surface area contributed by atoms with Gasteiger partial charge in [0.2, 0.25) is 5.91 Å². The normalized spacial score (nSPS) is 20.8. The van der Waals surface area contributed by atoms with Crippen LogP contribution in [0, 0.1) is 12.3 Å². The lowest BCUT2D eigenvalue weighted by Gasteiger charge is -2.26. The van der Waals surface area contributed by atoms with Crippen molar-refractivity contribution in [2.24, 2.45) is 10.7 Å². The molecule has 2 unspecified atom stereocenters. The highest BCUT2D eigenvalue weighted by Crippen LogP contribution is 2.17. The summed E-state index contributed by atoms with van der Waals surface area (Å²) in [4.78, 5) is 28.1. The van der Waals surface area contributed by atoms with Gasteiger partial charge < -0.3 is 11.1 Å². The van der Waals surface area contributed by atoms with Crippen LogP contribution in [-0.2, 0) is 4.79 Å². The van der Waals surface area contributed by atoms with Crippen molar-refractivity contribution in [3.05, 3.63) is 0 Å². The summed E-state index contributed by atoms with van der Waals surface area (Å²) in [7, 11) is 0. The monoisotopic (exact) mass is 236 g/mol. The molecule has 2 atom stereocenters. The van der Waals surface area contributed by atoms with E-state index in [0.29, 0.717) is 6.54 Å². The van der Waals surface area contributed by atoms with Gasteiger partial charge >= 0.3 is 6.03 Å². The minimum Gasteiger partial charge on any atom is -0.385 e. The molecule has 17 heavy (non-hydrogen) atoms. The topological polar surface area (TPSA) is 87.8 Å². The Bertz CT molecular complexity index is 397. The van der Waals surface area contributed by atoms with Gasteiger partial charge in [-0.3, -0.25) is 9.69 Å². The van der Waals surface area contributed by atoms with E-state index in [1.807, 2.05) is 6.92 Å². The standard InChI is InChI=1S/C11H16N4O2/c1-4-7(3)15-8(6-9(16)13-5-2)10(12)14-11(15)17/h1,7-8H,5-6H2,2-3H3,(H,13,16)(H2,12,14,17). The van der Waals surface area contributed by atoms with Crippen molar-refractivity contribution in [2.45, 2.75) is 32.4 Å². The second kappa shape index (κ2) is 5.34. The van der Waals surface area contributed by atoms with Gasteiger partial charge in [0.1, 0.15) is 11.9 Å². The number of hydrogen-bond acceptors (Lipinski definition) is 3. The van der Waals surface area contributed by atoms with Gasteiger partial charge in [0.15, 0.2) is 0 Å². The quantitative estimate of drug-likeness (QED) is 0.657. The highest BCUT2D eigenvalue weighted by atomic mass is 16.2. The lowest BCUT2D eigenvalue weighted by Crippen LogP contribution is -2.47. The summed E-state index contributed by atoms with van der Waals surface area (Å²) in [5.41, 5.74) is 5.64. The zero-order valence-corrected chi connectivity index (χ0v) is 9.93. The molecule has 1 heterocycles. The molecular formula is C11H16N4O2. The number of rotatable bonds is 4. The molecule has 1 rings (SSSR count). The van der Waals surface area contributed by atoms with Crippen LogP contribution in [-0.4, -0.2) is 41.3 Å². The number of carbonyl (C=O) groups is 2. The molecule has 0 fully saturated rings. The number of amides is 3. The molecule has 92 valence electrons. The van der Waals surface area contributed by atoms with Crippen molar-refractivity contribution in [3.63, 3.8) is 0 Å². The van der Waals surface area contributed by atoms with E-state index < -0.39 is 18.1 Å². The number of nitrogens with two attached hydrogens (primary N) is 1. The van der Waals surface area contributed by atoms with Crippen LogP contribution in [0.25, 0.3) is 0 Å². The SMILES string of the molecule is C#CC(C)N1C(=O)N=C(N)C1CC(=O)NCC. The number of carbonyl (C=O) groups excluding carboxylic acids is 2. The third-order valence-electron chi connectivity index (χ3n) is 2.53. The van der Waals surface area contributed by atoms with E-state index in [9.17, 15) is 9.59 Å². The summed E-state index contributed by atoms with van der Waals surface area (Å²) in [6.45, 7) is 4.04. The van der Waals surface area contributed by atoms with Gasteiger partial charge in [-0.05, 0) is 13.8 Å². The van der Waals surface area contributed by atoms with Crippen molar-refractivity contribution in [3.8, 4) is 12.3 Å². The van der Waals surface area contributed by atoms with E-state index in [0.717, 1.165) is 0 Å². The Labute approximate surface area is 100 Å².